The molecule has 3 heterocycles. The largest absolute Gasteiger partial charge is 0.433 e. The minimum atomic E-state index is -3.18. The normalized spacial score (nSPS) is 19.6. The highest BCUT2D eigenvalue weighted by atomic mass is 32.5. The number of para-hydroxylation sites is 2. The highest BCUT2D eigenvalue weighted by Gasteiger charge is 2.63. The Morgan fingerprint density at radius 3 is 1.34 bits per heavy atom. The first-order valence-electron chi connectivity index (χ1n) is 13.6. The van der Waals surface area contributed by atoms with E-state index in [4.69, 9.17) is 41.5 Å². The zero-order valence-corrected chi connectivity index (χ0v) is 26.9. The molecule has 0 amide bonds. The predicted octanol–water partition coefficient (Wildman–Crippen LogP) is 8.45. The Morgan fingerprint density at radius 2 is 0.955 bits per heavy atom. The summed E-state index contributed by atoms with van der Waals surface area (Å²) in [5, 5.41) is 1.60. The molecule has 0 saturated carbocycles. The zero-order valence-electron chi connectivity index (χ0n) is 23.4. The second kappa shape index (κ2) is 10.8. The second-order valence-corrected chi connectivity index (χ2v) is 17.6. The number of benzene rings is 4. The van der Waals surface area contributed by atoms with Crippen molar-refractivity contribution in [1.29, 1.82) is 0 Å². The van der Waals surface area contributed by atoms with Gasteiger partial charge < -0.3 is 17.9 Å². The summed E-state index contributed by atoms with van der Waals surface area (Å²) >= 11 is 12.9. The predicted molar refractivity (Wildman–Crippen MR) is 182 cm³/mol. The van der Waals surface area contributed by atoms with Crippen LogP contribution in [0.25, 0.3) is 21.9 Å². The lowest BCUT2D eigenvalue weighted by Gasteiger charge is -2.59. The summed E-state index contributed by atoms with van der Waals surface area (Å²) in [5.41, 5.74) is 3.01. The summed E-state index contributed by atoms with van der Waals surface area (Å²) in [6, 6.07) is 32.7. The lowest BCUT2D eigenvalue weighted by atomic mass is 10.1. The average Bonchev–Trinajstić information content (AvgIpc) is 2.97. The van der Waals surface area contributed by atoms with Gasteiger partial charge in [-0.25, -0.2) is 18.5 Å². The van der Waals surface area contributed by atoms with Gasteiger partial charge in [-0.3, -0.25) is 0 Å². The summed E-state index contributed by atoms with van der Waals surface area (Å²) in [4.78, 5) is 24.3. The van der Waals surface area contributed by atoms with Crippen molar-refractivity contribution < 1.29 is 17.9 Å². The van der Waals surface area contributed by atoms with Gasteiger partial charge in [0.25, 0.3) is 0 Å². The van der Waals surface area contributed by atoms with Crippen LogP contribution in [0.3, 0.4) is 0 Å². The first kappa shape index (κ1) is 28.6. The van der Waals surface area contributed by atoms with Gasteiger partial charge in [0.15, 0.2) is 0 Å². The quantitative estimate of drug-likeness (QED) is 0.128. The smallest absolute Gasteiger partial charge is 0.336 e. The van der Waals surface area contributed by atoms with E-state index in [1.807, 2.05) is 108 Å². The highest BCUT2D eigenvalue weighted by molar-refractivity contribution is 8.34. The van der Waals surface area contributed by atoms with E-state index in [0.29, 0.717) is 22.7 Å². The summed E-state index contributed by atoms with van der Waals surface area (Å²) in [7, 11) is 0. The van der Waals surface area contributed by atoms with Gasteiger partial charge in [0.1, 0.15) is 22.7 Å². The van der Waals surface area contributed by atoms with Crippen LogP contribution in [0.1, 0.15) is 11.1 Å². The first-order valence-corrected chi connectivity index (χ1v) is 18.8. The third-order valence-corrected chi connectivity index (χ3v) is 17.7. The minimum absolute atomic E-state index is 0.399. The van der Waals surface area contributed by atoms with Gasteiger partial charge in [0.05, 0.1) is 11.4 Å². The number of anilines is 2. The second-order valence-electron chi connectivity index (χ2n) is 10.2. The van der Waals surface area contributed by atoms with Crippen LogP contribution in [0.5, 0.6) is 11.5 Å². The van der Waals surface area contributed by atoms with Crippen molar-refractivity contribution >= 4 is 70.1 Å². The monoisotopic (exact) mass is 658 g/mol. The molecule has 0 bridgehead atoms. The van der Waals surface area contributed by atoms with Crippen LogP contribution >= 0.6 is 13.1 Å². The van der Waals surface area contributed by atoms with Crippen LogP contribution in [0.2, 0.25) is 0 Å². The maximum absolute atomic E-state index is 12.1. The molecular weight excluding hydrogens is 634 g/mol. The van der Waals surface area contributed by atoms with Crippen LogP contribution < -0.4 is 29.2 Å². The van der Waals surface area contributed by atoms with Crippen molar-refractivity contribution in [3.8, 4) is 11.5 Å². The molecule has 4 aromatic carbocycles. The van der Waals surface area contributed by atoms with Crippen LogP contribution in [0.15, 0.2) is 128 Å². The van der Waals surface area contributed by atoms with Gasteiger partial charge in [-0.2, -0.15) is 0 Å². The molecule has 1 fully saturated rings. The summed E-state index contributed by atoms with van der Waals surface area (Å²) in [6.07, 6.45) is 0. The molecule has 1 aliphatic heterocycles. The molecule has 1 aliphatic rings. The molecule has 0 aliphatic carbocycles. The van der Waals surface area contributed by atoms with E-state index in [1.54, 1.807) is 12.1 Å². The Kier molecular flexibility index (Phi) is 6.98. The summed E-state index contributed by atoms with van der Waals surface area (Å²) in [6.45, 7) is -2.64. The van der Waals surface area contributed by atoms with Crippen molar-refractivity contribution in [3.05, 3.63) is 141 Å². The third-order valence-electron chi connectivity index (χ3n) is 7.23. The molecule has 0 spiro atoms. The van der Waals surface area contributed by atoms with Crippen LogP contribution in [-0.2, 0) is 23.6 Å². The first-order chi connectivity index (χ1) is 21.2. The van der Waals surface area contributed by atoms with E-state index in [-0.39, 0.29) is 0 Å². The molecule has 2 aromatic heterocycles. The highest BCUT2D eigenvalue weighted by Crippen LogP contribution is 2.87. The molecule has 12 heteroatoms. The van der Waals surface area contributed by atoms with Crippen molar-refractivity contribution in [3.63, 3.8) is 0 Å². The van der Waals surface area contributed by atoms with Crippen molar-refractivity contribution in [1.82, 2.24) is 0 Å². The number of rotatable bonds is 6. The Bertz CT molecular complexity index is 2110. The molecule has 8 nitrogen and oxygen atoms in total. The fourth-order valence-electron chi connectivity index (χ4n) is 5.27. The maximum atomic E-state index is 12.1. The molecule has 0 atom stereocenters. The fourth-order valence-corrected chi connectivity index (χ4v) is 17.6. The van der Waals surface area contributed by atoms with E-state index >= 15 is 0 Å². The summed E-state index contributed by atoms with van der Waals surface area (Å²) < 4.78 is 28.3. The lowest BCUT2D eigenvalue weighted by Crippen LogP contribution is -2.46. The Labute approximate surface area is 262 Å². The van der Waals surface area contributed by atoms with E-state index in [9.17, 15) is 9.59 Å². The van der Waals surface area contributed by atoms with E-state index in [2.05, 4.69) is 0 Å². The number of hydrogen-bond acceptors (Lipinski definition) is 8. The SMILES string of the molecule is Cc1cc(=O)oc2cc(OP3(=S)N(c4ccccc4)P(=S)(Oc4ccc5c(C)cc(=O)oc5c4)N3c3ccccc3)ccc12. The van der Waals surface area contributed by atoms with Crippen molar-refractivity contribution in [2.24, 2.45) is 0 Å². The maximum Gasteiger partial charge on any atom is 0.336 e. The molecule has 220 valence electrons. The van der Waals surface area contributed by atoms with Gasteiger partial charge in [0.2, 0.25) is 0 Å². The molecule has 0 unspecified atom stereocenters. The average molecular weight is 659 g/mol. The van der Waals surface area contributed by atoms with Gasteiger partial charge in [-0.1, -0.05) is 36.4 Å². The molecule has 1 saturated heterocycles. The zero-order chi connectivity index (χ0) is 30.6. The van der Waals surface area contributed by atoms with Gasteiger partial charge in [-0.15, -0.1) is 0 Å². The van der Waals surface area contributed by atoms with Gasteiger partial charge in [-0.05, 0) is 97.1 Å². The number of nitrogens with zero attached hydrogens (tertiary/aromatic N) is 2. The van der Waals surface area contributed by atoms with Crippen LogP contribution in [0.4, 0.5) is 11.4 Å². The standard InChI is InChI=1S/C32H24N2O6P2S2/c1-21-17-31(35)37-29-19-25(13-15-27(21)29)39-41(43)33(23-9-5-3-6-10-23)42(44,34(41)24-11-7-4-8-12-24)40-26-14-16-28-22(2)18-32(36)38-30(28)20-26/h3-20H,1-2H3. The van der Waals surface area contributed by atoms with Crippen molar-refractivity contribution in [2.45, 2.75) is 13.8 Å². The molecular formula is C32H24N2O6P2S2. The third kappa shape index (κ3) is 4.75. The Morgan fingerprint density at radius 1 is 0.568 bits per heavy atom. The van der Waals surface area contributed by atoms with E-state index in [1.165, 1.54) is 12.1 Å². The van der Waals surface area contributed by atoms with E-state index in [0.717, 1.165) is 33.3 Å². The molecule has 0 radical (unpaired) electrons. The van der Waals surface area contributed by atoms with Gasteiger partial charge in [0, 0.05) is 35.0 Å². The Hall–Kier alpha value is -4.20. The molecule has 6 aromatic rings. The molecule has 0 N–H and O–H groups in total. The minimum Gasteiger partial charge on any atom is -0.433 e. The molecule has 44 heavy (non-hydrogen) atoms. The van der Waals surface area contributed by atoms with Gasteiger partial charge >= 0.3 is 24.4 Å². The number of fused-ring (bicyclic) bond motifs is 2. The fraction of sp³-hybridized carbons (Fsp3) is 0.0625. The molecule has 7 rings (SSSR count). The number of aryl methyl sites for hydroxylation is 2. The van der Waals surface area contributed by atoms with E-state index < -0.39 is 24.4 Å². The topological polar surface area (TPSA) is 85.4 Å². The van der Waals surface area contributed by atoms with Crippen LogP contribution in [0, 0.1) is 13.8 Å². The summed E-state index contributed by atoms with van der Waals surface area (Å²) in [5.74, 6) is 0.862. The Balaban J connectivity index is 1.38. The lowest BCUT2D eigenvalue weighted by molar-refractivity contribution is 0.550. The number of hydrogen-bond donors (Lipinski definition) is 0. The van der Waals surface area contributed by atoms with Crippen molar-refractivity contribution in [2.75, 3.05) is 8.88 Å². The van der Waals surface area contributed by atoms with Crippen LogP contribution in [-0.4, -0.2) is 0 Å².